The first-order valence-corrected chi connectivity index (χ1v) is 14.9. The van der Waals surface area contributed by atoms with Gasteiger partial charge in [-0.25, -0.2) is 4.39 Å². The molecule has 5 aliphatic rings. The second-order valence-electron chi connectivity index (χ2n) is 12.3. The van der Waals surface area contributed by atoms with Gasteiger partial charge in [-0.3, -0.25) is 9.59 Å². The zero-order chi connectivity index (χ0) is 26.1. The third-order valence-corrected chi connectivity index (χ3v) is 11.8. The maximum atomic E-state index is 17.5. The van der Waals surface area contributed by atoms with Crippen LogP contribution in [0.15, 0.2) is 34.5 Å². The summed E-state index contributed by atoms with van der Waals surface area (Å²) in [6, 6.07) is 0. The van der Waals surface area contributed by atoms with E-state index in [1.165, 1.54) is 6.08 Å². The fourth-order valence-electron chi connectivity index (χ4n) is 8.67. The van der Waals surface area contributed by atoms with Gasteiger partial charge in [-0.15, -0.1) is 11.8 Å². The molecule has 0 aromatic heterocycles. The number of hydrogen-bond acceptors (Lipinski definition) is 5. The summed E-state index contributed by atoms with van der Waals surface area (Å²) in [4.78, 5) is 27.2. The number of allylic oxidation sites excluding steroid dienone is 5. The highest BCUT2D eigenvalue weighted by atomic mass is 32.2. The van der Waals surface area contributed by atoms with Crippen LogP contribution in [0.4, 0.5) is 4.39 Å². The first kappa shape index (κ1) is 26.2. The van der Waals surface area contributed by atoms with Gasteiger partial charge >= 0.3 is 0 Å². The van der Waals surface area contributed by atoms with Crippen LogP contribution in [0, 0.1) is 28.6 Å². The van der Waals surface area contributed by atoms with Crippen molar-refractivity contribution in [2.24, 2.45) is 28.6 Å². The fourth-order valence-corrected chi connectivity index (χ4v) is 9.66. The Bertz CT molecular complexity index is 1060. The molecule has 0 bridgehead atoms. The quantitative estimate of drug-likeness (QED) is 0.437. The van der Waals surface area contributed by atoms with E-state index in [1.807, 2.05) is 6.92 Å². The van der Waals surface area contributed by atoms with E-state index in [-0.39, 0.29) is 29.8 Å². The van der Waals surface area contributed by atoms with E-state index in [0.717, 1.165) is 47.7 Å². The average molecular weight is 517 g/mol. The molecule has 0 amide bonds. The molecule has 0 aromatic carbocycles. The molecule has 4 nitrogen and oxygen atoms in total. The van der Waals surface area contributed by atoms with Crippen molar-refractivity contribution in [2.45, 2.75) is 103 Å². The molecule has 36 heavy (non-hydrogen) atoms. The third kappa shape index (κ3) is 3.15. The van der Waals surface area contributed by atoms with Gasteiger partial charge in [0.15, 0.2) is 17.1 Å². The number of aliphatic hydroxyl groups is 1. The average Bonchev–Trinajstić information content (AvgIpc) is 3.24. The first-order chi connectivity index (χ1) is 17.0. The smallest absolute Gasteiger partial charge is 0.216 e. The number of ketones is 2. The Hall–Kier alpha value is -1.40. The largest absolute Gasteiger partial charge is 0.481 e. The van der Waals surface area contributed by atoms with E-state index in [4.69, 9.17) is 4.74 Å². The SMILES string of the molecule is CCCCC1=C(SCCC)C(=O)C2(O1)[C@@H](C)C[C@H]1[C@@H]3CCC4=CC(=O)C=C[C@]4(C)[C@@]3(F)[C@@H](O)C[C@@]12C. The van der Waals surface area contributed by atoms with Crippen LogP contribution in [0.3, 0.4) is 0 Å². The number of carbonyl (C=O) groups is 2. The summed E-state index contributed by atoms with van der Waals surface area (Å²) >= 11 is 1.61. The van der Waals surface area contributed by atoms with Crippen molar-refractivity contribution in [1.82, 2.24) is 0 Å². The molecular weight excluding hydrogens is 475 g/mol. The number of unbranched alkanes of at least 4 members (excludes halogenated alkanes) is 1. The number of fused-ring (bicyclic) bond motifs is 6. The summed E-state index contributed by atoms with van der Waals surface area (Å²) < 4.78 is 24.3. The Balaban J connectivity index is 1.56. The van der Waals surface area contributed by atoms with Gasteiger partial charge in [0.1, 0.15) is 5.76 Å². The van der Waals surface area contributed by atoms with Gasteiger partial charge in [0, 0.05) is 29.1 Å². The molecule has 5 rings (SSSR count). The summed E-state index contributed by atoms with van der Waals surface area (Å²) in [5.74, 6) is 1.07. The molecule has 3 saturated carbocycles. The molecule has 0 saturated heterocycles. The van der Waals surface area contributed by atoms with Crippen LogP contribution in [0.25, 0.3) is 0 Å². The van der Waals surface area contributed by atoms with Crippen molar-refractivity contribution in [3.8, 4) is 0 Å². The van der Waals surface area contributed by atoms with Crippen LogP contribution in [0.5, 0.6) is 0 Å². The predicted octanol–water partition coefficient (Wildman–Crippen LogP) is 6.49. The molecule has 0 aromatic rings. The van der Waals surface area contributed by atoms with Crippen molar-refractivity contribution in [1.29, 1.82) is 0 Å². The lowest BCUT2D eigenvalue weighted by atomic mass is 9.44. The molecular formula is C30H41FO4S. The van der Waals surface area contributed by atoms with E-state index in [0.29, 0.717) is 19.3 Å². The van der Waals surface area contributed by atoms with E-state index < -0.39 is 34.1 Å². The van der Waals surface area contributed by atoms with Crippen LogP contribution in [-0.4, -0.2) is 39.8 Å². The number of rotatable bonds is 6. The standard InChI is InChI=1S/C30H41FO4S/c1-6-8-9-23-25(36-14-7-2)26(34)30(35-23)18(3)15-22-21-11-10-19-16-20(32)12-13-27(19,4)29(21,31)24(33)17-28(22,30)5/h12-13,16,18,21-22,24,33H,6-11,14-15,17H2,1-5H3/t18-,21-,22-,24-,27-,28-,29-,30?/m0/s1. The van der Waals surface area contributed by atoms with Crippen LogP contribution in [0.2, 0.25) is 0 Å². The van der Waals surface area contributed by atoms with Crippen LogP contribution in [0.1, 0.15) is 86.0 Å². The zero-order valence-corrected chi connectivity index (χ0v) is 23.2. The van der Waals surface area contributed by atoms with Gasteiger partial charge in [-0.2, -0.15) is 0 Å². The van der Waals surface area contributed by atoms with Crippen molar-refractivity contribution in [2.75, 3.05) is 5.75 Å². The van der Waals surface area contributed by atoms with E-state index in [2.05, 4.69) is 27.7 Å². The topological polar surface area (TPSA) is 63.6 Å². The normalized spacial score (nSPS) is 45.5. The molecule has 6 heteroatoms. The van der Waals surface area contributed by atoms with E-state index in [9.17, 15) is 14.7 Å². The fraction of sp³-hybridized carbons (Fsp3) is 0.733. The molecule has 198 valence electrons. The number of Topliss-reactive ketones (excluding diaryl/α,β-unsaturated/α-hetero) is 1. The highest BCUT2D eigenvalue weighted by molar-refractivity contribution is 8.04. The van der Waals surface area contributed by atoms with Crippen molar-refractivity contribution >= 4 is 23.3 Å². The van der Waals surface area contributed by atoms with Gasteiger partial charge in [-0.05, 0) is 69.3 Å². The summed E-state index contributed by atoms with van der Waals surface area (Å²) in [5.41, 5.74) is -3.83. The van der Waals surface area contributed by atoms with Gasteiger partial charge in [-0.1, -0.05) is 45.8 Å². The monoisotopic (exact) mass is 516 g/mol. The van der Waals surface area contributed by atoms with Crippen molar-refractivity contribution < 1.29 is 23.8 Å². The van der Waals surface area contributed by atoms with E-state index >= 15 is 4.39 Å². The van der Waals surface area contributed by atoms with Crippen molar-refractivity contribution in [3.05, 3.63) is 34.5 Å². The number of aliphatic hydroxyl groups excluding tert-OH is 1. The van der Waals surface area contributed by atoms with Crippen LogP contribution >= 0.6 is 11.8 Å². The number of ether oxygens (including phenoxy) is 1. The molecule has 1 heterocycles. The molecule has 4 aliphatic carbocycles. The maximum Gasteiger partial charge on any atom is 0.216 e. The molecule has 1 unspecified atom stereocenters. The first-order valence-electron chi connectivity index (χ1n) is 13.9. The maximum absolute atomic E-state index is 17.5. The second-order valence-corrected chi connectivity index (χ2v) is 13.4. The highest BCUT2D eigenvalue weighted by Gasteiger charge is 2.78. The Labute approximate surface area is 219 Å². The summed E-state index contributed by atoms with van der Waals surface area (Å²) in [6.07, 6.45) is 9.25. The Morgan fingerprint density at radius 2 is 1.94 bits per heavy atom. The minimum absolute atomic E-state index is 0.0638. The Morgan fingerprint density at radius 1 is 1.19 bits per heavy atom. The molecule has 1 aliphatic heterocycles. The van der Waals surface area contributed by atoms with Gasteiger partial charge in [0.2, 0.25) is 5.78 Å². The highest BCUT2D eigenvalue weighted by Crippen LogP contribution is 2.73. The van der Waals surface area contributed by atoms with Gasteiger partial charge in [0.05, 0.1) is 11.0 Å². The van der Waals surface area contributed by atoms with Crippen LogP contribution in [-0.2, 0) is 14.3 Å². The predicted molar refractivity (Wildman–Crippen MR) is 141 cm³/mol. The number of hydrogen-bond donors (Lipinski definition) is 1. The number of carbonyl (C=O) groups excluding carboxylic acids is 2. The number of halogens is 1. The van der Waals surface area contributed by atoms with Gasteiger partial charge in [0.25, 0.3) is 0 Å². The molecule has 0 radical (unpaired) electrons. The van der Waals surface area contributed by atoms with Crippen molar-refractivity contribution in [3.63, 3.8) is 0 Å². The second kappa shape index (κ2) is 8.83. The summed E-state index contributed by atoms with van der Waals surface area (Å²) in [5, 5.41) is 11.7. The third-order valence-electron chi connectivity index (χ3n) is 10.5. The van der Waals surface area contributed by atoms with Crippen LogP contribution < -0.4 is 0 Å². The molecule has 8 atom stereocenters. The summed E-state index contributed by atoms with van der Waals surface area (Å²) in [7, 11) is 0. The lowest BCUT2D eigenvalue weighted by molar-refractivity contribution is -0.218. The lowest BCUT2D eigenvalue weighted by Gasteiger charge is -2.62. The zero-order valence-electron chi connectivity index (χ0n) is 22.4. The number of alkyl halides is 1. The van der Waals surface area contributed by atoms with Gasteiger partial charge < -0.3 is 9.84 Å². The molecule has 1 N–H and O–H groups in total. The Kier molecular flexibility index (Phi) is 6.43. The number of thioether (sulfide) groups is 1. The molecule has 3 fully saturated rings. The molecule has 1 spiro atoms. The van der Waals surface area contributed by atoms with E-state index in [1.54, 1.807) is 23.9 Å². The minimum Gasteiger partial charge on any atom is -0.481 e. The lowest BCUT2D eigenvalue weighted by Crippen LogP contribution is -2.69. The Morgan fingerprint density at radius 3 is 2.64 bits per heavy atom. The minimum atomic E-state index is -1.89. The summed E-state index contributed by atoms with van der Waals surface area (Å²) in [6.45, 7) is 10.3.